The molecule has 0 aliphatic rings. The largest absolute Gasteiger partial charge is 0.465 e. The highest BCUT2D eigenvalue weighted by atomic mass is 35.5. The molecular formula is C11H19ClN2O5. The second-order valence-electron chi connectivity index (χ2n) is 3.63. The number of hydrogen-bond donors (Lipinski definition) is 1. The molecule has 110 valence electrons. The Morgan fingerprint density at radius 2 is 2.00 bits per heavy atom. The summed E-state index contributed by atoms with van der Waals surface area (Å²) in [5, 5.41) is 1.25. The highest BCUT2D eigenvalue weighted by Gasteiger charge is 2.21. The standard InChI is InChI=1S/C11H19ClN2O5/c1-4-19-9(15)7-14(5-6-18-3)11(17)13-10(16)8(2)12/h8H,4-7H2,1-3H3,(H,13,16,17). The molecule has 19 heavy (non-hydrogen) atoms. The average Bonchev–Trinajstić information content (AvgIpc) is 2.34. The van der Waals surface area contributed by atoms with Crippen molar-refractivity contribution in [3.8, 4) is 0 Å². The molecule has 3 amide bonds. The summed E-state index contributed by atoms with van der Waals surface area (Å²) >= 11 is 5.54. The van der Waals surface area contributed by atoms with Crippen molar-refractivity contribution in [1.29, 1.82) is 0 Å². The smallest absolute Gasteiger partial charge is 0.325 e. The van der Waals surface area contributed by atoms with Crippen LogP contribution in [0.1, 0.15) is 13.8 Å². The molecule has 1 unspecified atom stereocenters. The van der Waals surface area contributed by atoms with Gasteiger partial charge in [0.05, 0.1) is 13.2 Å². The number of esters is 1. The zero-order valence-electron chi connectivity index (χ0n) is 11.3. The van der Waals surface area contributed by atoms with Crippen LogP contribution in [0.4, 0.5) is 4.79 Å². The number of carbonyl (C=O) groups is 3. The first kappa shape index (κ1) is 17.7. The Kier molecular flexibility index (Phi) is 8.90. The van der Waals surface area contributed by atoms with Crippen molar-refractivity contribution in [1.82, 2.24) is 10.2 Å². The number of rotatable bonds is 7. The number of halogens is 1. The number of amides is 3. The fourth-order valence-corrected chi connectivity index (χ4v) is 1.15. The van der Waals surface area contributed by atoms with Crippen LogP contribution >= 0.6 is 11.6 Å². The van der Waals surface area contributed by atoms with Gasteiger partial charge in [-0.2, -0.15) is 0 Å². The average molecular weight is 295 g/mol. The summed E-state index contributed by atoms with van der Waals surface area (Å²) in [6, 6.07) is -0.706. The number of ether oxygens (including phenoxy) is 2. The lowest BCUT2D eigenvalue weighted by atomic mass is 10.4. The Balaban J connectivity index is 4.50. The summed E-state index contributed by atoms with van der Waals surface area (Å²) in [6.45, 7) is 3.46. The van der Waals surface area contributed by atoms with Crippen molar-refractivity contribution in [2.24, 2.45) is 0 Å². The quantitative estimate of drug-likeness (QED) is 0.541. The minimum Gasteiger partial charge on any atom is -0.465 e. The van der Waals surface area contributed by atoms with Crippen LogP contribution in [0.25, 0.3) is 0 Å². The van der Waals surface area contributed by atoms with Gasteiger partial charge in [0.15, 0.2) is 0 Å². The highest BCUT2D eigenvalue weighted by molar-refractivity contribution is 6.31. The van der Waals surface area contributed by atoms with Crippen LogP contribution in [0.2, 0.25) is 0 Å². The third-order valence-electron chi connectivity index (χ3n) is 2.07. The molecule has 0 saturated carbocycles. The maximum absolute atomic E-state index is 11.8. The van der Waals surface area contributed by atoms with Crippen LogP contribution < -0.4 is 5.32 Å². The van der Waals surface area contributed by atoms with Gasteiger partial charge < -0.3 is 14.4 Å². The number of nitrogens with one attached hydrogen (secondary N) is 1. The van der Waals surface area contributed by atoms with Crippen molar-refractivity contribution < 1.29 is 23.9 Å². The maximum Gasteiger partial charge on any atom is 0.325 e. The summed E-state index contributed by atoms with van der Waals surface area (Å²) in [6.07, 6.45) is 0. The molecule has 0 fully saturated rings. The van der Waals surface area contributed by atoms with Gasteiger partial charge >= 0.3 is 12.0 Å². The lowest BCUT2D eigenvalue weighted by molar-refractivity contribution is -0.144. The van der Waals surface area contributed by atoms with Crippen molar-refractivity contribution in [3.63, 3.8) is 0 Å². The Labute approximate surface area is 117 Å². The molecule has 0 aromatic carbocycles. The number of imide groups is 1. The molecule has 0 radical (unpaired) electrons. The van der Waals surface area contributed by atoms with Crippen LogP contribution in [-0.4, -0.2) is 61.6 Å². The lowest BCUT2D eigenvalue weighted by Crippen LogP contribution is -2.48. The topological polar surface area (TPSA) is 84.9 Å². The van der Waals surface area contributed by atoms with Crippen molar-refractivity contribution >= 4 is 29.5 Å². The predicted octanol–water partition coefficient (Wildman–Crippen LogP) is 0.361. The van der Waals surface area contributed by atoms with Gasteiger partial charge in [0.25, 0.3) is 0 Å². The van der Waals surface area contributed by atoms with Crippen LogP contribution in [0, 0.1) is 0 Å². The number of methoxy groups -OCH3 is 1. The minimum absolute atomic E-state index is 0.158. The Bertz CT molecular complexity index is 322. The Morgan fingerprint density at radius 1 is 1.37 bits per heavy atom. The molecule has 0 aromatic rings. The first-order valence-corrected chi connectivity index (χ1v) is 6.24. The normalized spacial score (nSPS) is 11.6. The van der Waals surface area contributed by atoms with E-state index in [1.165, 1.54) is 14.0 Å². The van der Waals surface area contributed by atoms with E-state index >= 15 is 0 Å². The van der Waals surface area contributed by atoms with E-state index in [4.69, 9.17) is 21.1 Å². The van der Waals surface area contributed by atoms with Crippen molar-refractivity contribution in [3.05, 3.63) is 0 Å². The van der Waals surface area contributed by atoms with E-state index in [0.29, 0.717) is 0 Å². The van der Waals surface area contributed by atoms with E-state index in [-0.39, 0.29) is 26.3 Å². The third kappa shape index (κ3) is 7.63. The van der Waals surface area contributed by atoms with Crippen LogP contribution in [0.5, 0.6) is 0 Å². The predicted molar refractivity (Wildman–Crippen MR) is 68.9 cm³/mol. The van der Waals surface area contributed by atoms with Crippen molar-refractivity contribution in [2.45, 2.75) is 19.2 Å². The maximum atomic E-state index is 11.8. The summed E-state index contributed by atoms with van der Waals surface area (Å²) in [5.74, 6) is -1.18. The van der Waals surface area contributed by atoms with Gasteiger partial charge in [-0.3, -0.25) is 14.9 Å². The first-order chi connectivity index (χ1) is 8.92. The zero-order valence-corrected chi connectivity index (χ0v) is 12.0. The Hall–Kier alpha value is -1.34. The fourth-order valence-electron chi connectivity index (χ4n) is 1.10. The molecule has 0 aromatic heterocycles. The molecule has 1 atom stereocenters. The zero-order chi connectivity index (χ0) is 14.8. The summed E-state index contributed by atoms with van der Waals surface area (Å²) in [4.78, 5) is 35.5. The van der Waals surface area contributed by atoms with Crippen LogP contribution in [0.15, 0.2) is 0 Å². The second kappa shape index (κ2) is 9.57. The molecule has 0 aliphatic carbocycles. The van der Waals surface area contributed by atoms with Gasteiger partial charge in [-0.1, -0.05) is 0 Å². The molecule has 8 heteroatoms. The molecule has 0 bridgehead atoms. The van der Waals surface area contributed by atoms with Gasteiger partial charge in [0.2, 0.25) is 5.91 Å². The summed E-state index contributed by atoms with van der Waals surface area (Å²) < 4.78 is 9.57. The van der Waals surface area contributed by atoms with E-state index in [9.17, 15) is 14.4 Å². The molecular weight excluding hydrogens is 276 g/mol. The Morgan fingerprint density at radius 3 is 2.47 bits per heavy atom. The molecule has 7 nitrogen and oxygen atoms in total. The van der Waals surface area contributed by atoms with Crippen LogP contribution in [-0.2, 0) is 19.1 Å². The van der Waals surface area contributed by atoms with E-state index in [2.05, 4.69) is 5.32 Å². The first-order valence-electron chi connectivity index (χ1n) is 5.80. The van der Waals surface area contributed by atoms with E-state index in [1.54, 1.807) is 6.92 Å². The number of carbonyl (C=O) groups excluding carboxylic acids is 3. The van der Waals surface area contributed by atoms with E-state index in [0.717, 1.165) is 4.90 Å². The number of nitrogens with zero attached hydrogens (tertiary/aromatic N) is 1. The molecule has 0 rings (SSSR count). The second-order valence-corrected chi connectivity index (χ2v) is 4.28. The fraction of sp³-hybridized carbons (Fsp3) is 0.727. The monoisotopic (exact) mass is 294 g/mol. The molecule has 0 aliphatic heterocycles. The van der Waals surface area contributed by atoms with Gasteiger partial charge in [-0.25, -0.2) is 4.79 Å². The van der Waals surface area contributed by atoms with Gasteiger partial charge in [-0.05, 0) is 13.8 Å². The molecule has 0 heterocycles. The highest BCUT2D eigenvalue weighted by Crippen LogP contribution is 1.96. The third-order valence-corrected chi connectivity index (χ3v) is 2.27. The molecule has 0 spiro atoms. The van der Waals surface area contributed by atoms with Gasteiger partial charge in [-0.15, -0.1) is 11.6 Å². The number of hydrogen-bond acceptors (Lipinski definition) is 5. The summed E-state index contributed by atoms with van der Waals surface area (Å²) in [5.41, 5.74) is 0. The van der Waals surface area contributed by atoms with Gasteiger partial charge in [0, 0.05) is 13.7 Å². The van der Waals surface area contributed by atoms with Gasteiger partial charge in [0.1, 0.15) is 11.9 Å². The van der Waals surface area contributed by atoms with Crippen molar-refractivity contribution in [2.75, 3.05) is 33.4 Å². The molecule has 0 saturated heterocycles. The number of urea groups is 1. The number of alkyl halides is 1. The van der Waals surface area contributed by atoms with E-state index < -0.39 is 23.3 Å². The summed E-state index contributed by atoms with van der Waals surface area (Å²) in [7, 11) is 1.46. The minimum atomic E-state index is -0.837. The van der Waals surface area contributed by atoms with Crippen LogP contribution in [0.3, 0.4) is 0 Å². The SMILES string of the molecule is CCOC(=O)CN(CCOC)C(=O)NC(=O)C(C)Cl. The molecule has 1 N–H and O–H groups in total. The van der Waals surface area contributed by atoms with E-state index in [1.807, 2.05) is 0 Å². The lowest BCUT2D eigenvalue weighted by Gasteiger charge is -2.21.